The molecule has 2 nitrogen and oxygen atoms in total. The molecule has 0 radical (unpaired) electrons. The molecule has 1 rings (SSSR count). The molecule has 0 atom stereocenters. The summed E-state index contributed by atoms with van der Waals surface area (Å²) in [5.41, 5.74) is 1.18. The van der Waals surface area contributed by atoms with Gasteiger partial charge in [-0.3, -0.25) is 4.90 Å². The second kappa shape index (κ2) is 4.95. The third-order valence-electron chi connectivity index (χ3n) is 2.23. The fourth-order valence-corrected chi connectivity index (χ4v) is 1.63. The fraction of sp³-hybridized carbons (Fsp3) is 0.700. The summed E-state index contributed by atoms with van der Waals surface area (Å²) >= 11 is 0. The summed E-state index contributed by atoms with van der Waals surface area (Å²) < 4.78 is 0. The second-order valence-electron chi connectivity index (χ2n) is 3.46. The summed E-state index contributed by atoms with van der Waals surface area (Å²) in [6.07, 6.45) is 5.66. The lowest BCUT2D eigenvalue weighted by molar-refractivity contribution is 0.246. The normalized spacial score (nSPS) is 20.5. The molecule has 1 aliphatic rings. The van der Waals surface area contributed by atoms with E-state index in [-0.39, 0.29) is 0 Å². The highest BCUT2D eigenvalue weighted by atomic mass is 15.1. The van der Waals surface area contributed by atoms with Gasteiger partial charge in [-0.1, -0.05) is 6.42 Å². The Labute approximate surface area is 74.5 Å². The maximum Gasteiger partial charge on any atom is 0.0911 e. The van der Waals surface area contributed by atoms with Gasteiger partial charge in [0.15, 0.2) is 0 Å². The summed E-state index contributed by atoms with van der Waals surface area (Å²) in [6, 6.07) is 2.07. The Bertz CT molecular complexity index is 194. The number of nitriles is 1. The predicted octanol–water partition coefficient (Wildman–Crippen LogP) is 1.94. The fourth-order valence-electron chi connectivity index (χ4n) is 1.63. The van der Waals surface area contributed by atoms with Crippen LogP contribution in [0, 0.1) is 11.3 Å². The zero-order valence-electron chi connectivity index (χ0n) is 7.71. The van der Waals surface area contributed by atoms with Gasteiger partial charge < -0.3 is 0 Å². The van der Waals surface area contributed by atoms with Crippen molar-refractivity contribution in [1.29, 1.82) is 5.26 Å². The van der Waals surface area contributed by atoms with Gasteiger partial charge in [-0.2, -0.15) is 5.26 Å². The van der Waals surface area contributed by atoms with Crippen LogP contribution in [0.2, 0.25) is 0 Å². The number of rotatable bonds is 2. The molecule has 0 bridgehead atoms. The largest absolute Gasteiger partial charge is 0.299 e. The first kappa shape index (κ1) is 9.28. The summed E-state index contributed by atoms with van der Waals surface area (Å²) in [5, 5.41) is 8.42. The number of likely N-dealkylation sites (tertiary alicyclic amines) is 1. The van der Waals surface area contributed by atoms with Gasteiger partial charge in [0.2, 0.25) is 0 Å². The Hall–Kier alpha value is -0.810. The van der Waals surface area contributed by atoms with Crippen LogP contribution in [0.5, 0.6) is 0 Å². The molecule has 0 aromatic rings. The molecule has 1 heterocycles. The number of hydrogen-bond acceptors (Lipinski definition) is 2. The molecule has 0 N–H and O–H groups in total. The van der Waals surface area contributed by atoms with E-state index >= 15 is 0 Å². The molecular weight excluding hydrogens is 148 g/mol. The minimum Gasteiger partial charge on any atom is -0.299 e. The highest BCUT2D eigenvalue weighted by molar-refractivity contribution is 5.12. The molecular formula is C10H16N2. The average molecular weight is 164 g/mol. The van der Waals surface area contributed by atoms with Gasteiger partial charge >= 0.3 is 0 Å². The second-order valence-corrected chi connectivity index (χ2v) is 3.46. The minimum absolute atomic E-state index is 0.980. The Balaban J connectivity index is 2.30. The van der Waals surface area contributed by atoms with Gasteiger partial charge in [0.05, 0.1) is 6.07 Å². The van der Waals surface area contributed by atoms with Crippen LogP contribution in [-0.2, 0) is 0 Å². The van der Waals surface area contributed by atoms with E-state index in [0.29, 0.717) is 0 Å². The summed E-state index contributed by atoms with van der Waals surface area (Å²) in [6.45, 7) is 5.42. The number of allylic oxidation sites excluding steroid dienone is 1. The third-order valence-corrected chi connectivity index (χ3v) is 2.23. The van der Waals surface area contributed by atoms with Crippen molar-refractivity contribution in [3.8, 4) is 6.07 Å². The van der Waals surface area contributed by atoms with Crippen LogP contribution in [0.3, 0.4) is 0 Å². The lowest BCUT2D eigenvalue weighted by atomic mass is 10.1. The summed E-state index contributed by atoms with van der Waals surface area (Å²) in [7, 11) is 0. The smallest absolute Gasteiger partial charge is 0.0911 e. The van der Waals surface area contributed by atoms with E-state index < -0.39 is 0 Å². The standard InChI is InChI=1S/C10H16N2/c1-10(5-6-11)9-12-7-3-2-4-8-12/h5H,2-4,7-9H2,1H3. The van der Waals surface area contributed by atoms with Crippen molar-refractivity contribution in [1.82, 2.24) is 4.90 Å². The van der Waals surface area contributed by atoms with Crippen molar-refractivity contribution in [2.24, 2.45) is 0 Å². The van der Waals surface area contributed by atoms with Crippen molar-refractivity contribution < 1.29 is 0 Å². The zero-order chi connectivity index (χ0) is 8.81. The molecule has 0 aromatic heterocycles. The lowest BCUT2D eigenvalue weighted by Gasteiger charge is -2.26. The van der Waals surface area contributed by atoms with Gasteiger partial charge in [0.1, 0.15) is 0 Å². The van der Waals surface area contributed by atoms with Gasteiger partial charge in [0.25, 0.3) is 0 Å². The molecule has 1 aliphatic heterocycles. The van der Waals surface area contributed by atoms with Gasteiger partial charge in [0, 0.05) is 12.6 Å². The Morgan fingerprint density at radius 2 is 2.08 bits per heavy atom. The SMILES string of the molecule is CC(=CC#N)CN1CCCCC1. The maximum absolute atomic E-state index is 8.42. The van der Waals surface area contributed by atoms with Gasteiger partial charge in [-0.15, -0.1) is 0 Å². The quantitative estimate of drug-likeness (QED) is 0.583. The first-order valence-corrected chi connectivity index (χ1v) is 4.60. The molecule has 0 amide bonds. The molecule has 0 unspecified atom stereocenters. The van der Waals surface area contributed by atoms with Crippen LogP contribution >= 0.6 is 0 Å². The van der Waals surface area contributed by atoms with Crippen molar-refractivity contribution in [3.63, 3.8) is 0 Å². The van der Waals surface area contributed by atoms with E-state index in [1.54, 1.807) is 6.08 Å². The van der Waals surface area contributed by atoms with Crippen LogP contribution in [0.15, 0.2) is 11.6 Å². The number of piperidine rings is 1. The van der Waals surface area contributed by atoms with Crippen molar-refractivity contribution in [3.05, 3.63) is 11.6 Å². The Morgan fingerprint density at radius 1 is 1.42 bits per heavy atom. The van der Waals surface area contributed by atoms with Crippen molar-refractivity contribution >= 4 is 0 Å². The monoisotopic (exact) mass is 164 g/mol. The third kappa shape index (κ3) is 3.06. The maximum atomic E-state index is 8.42. The molecule has 12 heavy (non-hydrogen) atoms. The molecule has 0 saturated carbocycles. The summed E-state index contributed by atoms with van der Waals surface area (Å²) in [4.78, 5) is 2.42. The average Bonchev–Trinajstić information content (AvgIpc) is 2.06. The van der Waals surface area contributed by atoms with Crippen LogP contribution in [0.1, 0.15) is 26.2 Å². The molecule has 0 spiro atoms. The van der Waals surface area contributed by atoms with E-state index in [2.05, 4.69) is 11.0 Å². The van der Waals surface area contributed by atoms with E-state index in [0.717, 1.165) is 6.54 Å². The van der Waals surface area contributed by atoms with Crippen LogP contribution in [0.4, 0.5) is 0 Å². The zero-order valence-corrected chi connectivity index (χ0v) is 7.71. The molecule has 2 heteroatoms. The van der Waals surface area contributed by atoms with Crippen molar-refractivity contribution in [2.75, 3.05) is 19.6 Å². The molecule has 0 aliphatic carbocycles. The van der Waals surface area contributed by atoms with Gasteiger partial charge in [-0.05, 0) is 38.4 Å². The Kier molecular flexibility index (Phi) is 3.83. The lowest BCUT2D eigenvalue weighted by Crippen LogP contribution is -2.31. The highest BCUT2D eigenvalue weighted by Gasteiger charge is 2.09. The van der Waals surface area contributed by atoms with Crippen molar-refractivity contribution in [2.45, 2.75) is 26.2 Å². The topological polar surface area (TPSA) is 27.0 Å². The van der Waals surface area contributed by atoms with Crippen LogP contribution < -0.4 is 0 Å². The van der Waals surface area contributed by atoms with E-state index in [9.17, 15) is 0 Å². The highest BCUT2D eigenvalue weighted by Crippen LogP contribution is 2.09. The molecule has 1 fully saturated rings. The predicted molar refractivity (Wildman–Crippen MR) is 49.7 cm³/mol. The summed E-state index contributed by atoms with van der Waals surface area (Å²) in [5.74, 6) is 0. The first-order valence-electron chi connectivity index (χ1n) is 4.60. The van der Waals surface area contributed by atoms with E-state index in [4.69, 9.17) is 5.26 Å². The number of hydrogen-bond donors (Lipinski definition) is 0. The first-order chi connectivity index (χ1) is 5.83. The van der Waals surface area contributed by atoms with Crippen LogP contribution in [0.25, 0.3) is 0 Å². The van der Waals surface area contributed by atoms with Gasteiger partial charge in [-0.25, -0.2) is 0 Å². The molecule has 1 saturated heterocycles. The number of nitrogens with zero attached hydrogens (tertiary/aromatic N) is 2. The molecule has 0 aromatic carbocycles. The van der Waals surface area contributed by atoms with Crippen LogP contribution in [-0.4, -0.2) is 24.5 Å². The minimum atomic E-state index is 0.980. The molecule has 66 valence electrons. The Morgan fingerprint density at radius 3 is 2.67 bits per heavy atom. The van der Waals surface area contributed by atoms with E-state index in [1.807, 2.05) is 6.92 Å². The van der Waals surface area contributed by atoms with E-state index in [1.165, 1.54) is 37.9 Å².